The van der Waals surface area contributed by atoms with Crippen LogP contribution in [0.4, 0.5) is 10.5 Å². The van der Waals surface area contributed by atoms with Gasteiger partial charge >= 0.3 is 6.03 Å². The Labute approximate surface area is 206 Å². The summed E-state index contributed by atoms with van der Waals surface area (Å²) in [6, 6.07) is 7.05. The highest BCUT2D eigenvalue weighted by molar-refractivity contribution is 5.99. The molecule has 0 spiro atoms. The molecule has 4 rings (SSSR count). The number of anilines is 1. The van der Waals surface area contributed by atoms with Crippen molar-refractivity contribution in [1.82, 2.24) is 15.1 Å². The van der Waals surface area contributed by atoms with Gasteiger partial charge in [0.15, 0.2) is 0 Å². The fraction of sp³-hybridized carbons (Fsp3) is 0.560. The molecule has 10 heteroatoms. The molecule has 1 saturated heterocycles. The number of amidine groups is 1. The average molecular weight is 485 g/mol. The third kappa shape index (κ3) is 6.01. The first-order valence-corrected chi connectivity index (χ1v) is 12.4. The number of nitrogens with zero attached hydrogens (tertiary/aromatic N) is 3. The molecule has 0 bridgehead atoms. The van der Waals surface area contributed by atoms with E-state index in [0.717, 1.165) is 29.9 Å². The molecular formula is C25H36N6O4. The Morgan fingerprint density at radius 1 is 1.20 bits per heavy atom. The minimum Gasteiger partial charge on any atom is -0.383 e. The molecule has 190 valence electrons. The van der Waals surface area contributed by atoms with E-state index in [1.807, 2.05) is 19.1 Å². The molecule has 10 nitrogen and oxygen atoms in total. The zero-order valence-electron chi connectivity index (χ0n) is 20.5. The van der Waals surface area contributed by atoms with Crippen molar-refractivity contribution in [2.24, 2.45) is 10.7 Å². The van der Waals surface area contributed by atoms with Crippen LogP contribution >= 0.6 is 0 Å². The number of urea groups is 1. The van der Waals surface area contributed by atoms with Gasteiger partial charge in [0.2, 0.25) is 0 Å². The summed E-state index contributed by atoms with van der Waals surface area (Å²) in [6.07, 6.45) is 1.71. The maximum absolute atomic E-state index is 12.8. The molecule has 2 heterocycles. The van der Waals surface area contributed by atoms with E-state index in [9.17, 15) is 14.7 Å². The number of aliphatic hydroxyl groups is 1. The van der Waals surface area contributed by atoms with Crippen molar-refractivity contribution < 1.29 is 19.4 Å². The summed E-state index contributed by atoms with van der Waals surface area (Å²) in [6.45, 7) is 8.54. The number of hydrogen-bond donors (Lipinski definition) is 4. The second-order valence-electron chi connectivity index (χ2n) is 9.36. The topological polar surface area (TPSA) is 133 Å². The van der Waals surface area contributed by atoms with Crippen molar-refractivity contribution in [2.75, 3.05) is 51.3 Å². The molecule has 2 fully saturated rings. The molecular weight excluding hydrogens is 448 g/mol. The zero-order valence-corrected chi connectivity index (χ0v) is 20.5. The second-order valence-corrected chi connectivity index (χ2v) is 9.36. The Balaban J connectivity index is 1.57. The van der Waals surface area contributed by atoms with Gasteiger partial charge in [-0.05, 0) is 62.9 Å². The second kappa shape index (κ2) is 10.8. The van der Waals surface area contributed by atoms with Gasteiger partial charge in [-0.1, -0.05) is 0 Å². The number of nitrogens with two attached hydrogens (primary N) is 1. The third-order valence-electron chi connectivity index (χ3n) is 6.90. The van der Waals surface area contributed by atoms with Crippen LogP contribution in [0.15, 0.2) is 40.5 Å². The Morgan fingerprint density at radius 3 is 2.51 bits per heavy atom. The maximum atomic E-state index is 12.8. The van der Waals surface area contributed by atoms with Crippen LogP contribution < -0.4 is 16.4 Å². The lowest BCUT2D eigenvalue weighted by Gasteiger charge is -2.38. The average Bonchev–Trinajstić information content (AvgIpc) is 3.62. The van der Waals surface area contributed by atoms with E-state index in [2.05, 4.69) is 22.5 Å². The Hall–Kier alpha value is -2.95. The number of aliphatic imine (C=N–C) groups is 1. The fourth-order valence-electron chi connectivity index (χ4n) is 4.57. The molecule has 2 aliphatic heterocycles. The number of rotatable bonds is 7. The van der Waals surface area contributed by atoms with Gasteiger partial charge in [0.1, 0.15) is 11.4 Å². The highest BCUT2D eigenvalue weighted by Crippen LogP contribution is 2.38. The Bertz CT molecular complexity index is 996. The number of benzene rings is 1. The molecule has 1 saturated carbocycles. The standard InChI is InChI=1S/C25H36N6O4/c1-3-27-24(33)28-19-6-4-18(5-7-19)22(26)29-21-16-31(23(32)25(34)9-10-25)11-8-20(21)17(2)30-12-14-35-15-13-30/h4-7,17,34H,3,8-16H2,1-2H3,(H2,26,29)(H2,27,28,33). The van der Waals surface area contributed by atoms with E-state index in [4.69, 9.17) is 15.5 Å². The predicted molar refractivity (Wildman–Crippen MR) is 134 cm³/mol. The van der Waals surface area contributed by atoms with Crippen LogP contribution in [0, 0.1) is 0 Å². The SMILES string of the molecule is CCNC(=O)Nc1ccc(C(N)=NC2=C(C(C)N3CCOCC3)CCN(C(=O)C3(O)CC3)C2)cc1. The van der Waals surface area contributed by atoms with E-state index in [1.165, 1.54) is 0 Å². The van der Waals surface area contributed by atoms with Crippen molar-refractivity contribution in [3.8, 4) is 0 Å². The summed E-state index contributed by atoms with van der Waals surface area (Å²) in [7, 11) is 0. The quantitative estimate of drug-likeness (QED) is 0.340. The lowest BCUT2D eigenvalue weighted by molar-refractivity contribution is -0.142. The van der Waals surface area contributed by atoms with E-state index in [0.29, 0.717) is 63.6 Å². The molecule has 0 radical (unpaired) electrons. The molecule has 1 aromatic rings. The molecule has 1 atom stereocenters. The summed E-state index contributed by atoms with van der Waals surface area (Å²) >= 11 is 0. The lowest BCUT2D eigenvalue weighted by atomic mass is 9.96. The highest BCUT2D eigenvalue weighted by atomic mass is 16.5. The predicted octanol–water partition coefficient (Wildman–Crippen LogP) is 1.27. The van der Waals surface area contributed by atoms with Crippen molar-refractivity contribution >= 4 is 23.5 Å². The van der Waals surface area contributed by atoms with Gasteiger partial charge in [-0.2, -0.15) is 0 Å². The van der Waals surface area contributed by atoms with Gasteiger partial charge in [0.05, 0.1) is 25.5 Å². The van der Waals surface area contributed by atoms with Crippen LogP contribution in [-0.2, 0) is 9.53 Å². The Kier molecular flexibility index (Phi) is 7.73. The monoisotopic (exact) mass is 484 g/mol. The highest BCUT2D eigenvalue weighted by Gasteiger charge is 2.50. The summed E-state index contributed by atoms with van der Waals surface area (Å²) in [5.41, 5.74) is 8.52. The van der Waals surface area contributed by atoms with Crippen molar-refractivity contribution in [2.45, 2.75) is 44.8 Å². The number of hydrogen-bond acceptors (Lipinski definition) is 6. The first-order valence-electron chi connectivity index (χ1n) is 12.4. The van der Waals surface area contributed by atoms with Crippen LogP contribution in [-0.4, -0.2) is 90.3 Å². The van der Waals surface area contributed by atoms with Gasteiger partial charge in [0, 0.05) is 43.5 Å². The van der Waals surface area contributed by atoms with E-state index in [-0.39, 0.29) is 18.0 Å². The molecule has 3 aliphatic rings. The normalized spacial score (nSPS) is 21.5. The largest absolute Gasteiger partial charge is 0.383 e. The van der Waals surface area contributed by atoms with Crippen molar-refractivity contribution in [3.63, 3.8) is 0 Å². The van der Waals surface area contributed by atoms with Crippen LogP contribution in [0.3, 0.4) is 0 Å². The number of nitrogens with one attached hydrogen (secondary N) is 2. The molecule has 1 unspecified atom stereocenters. The molecule has 1 aliphatic carbocycles. The number of carbonyl (C=O) groups is 2. The maximum Gasteiger partial charge on any atom is 0.319 e. The van der Waals surface area contributed by atoms with E-state index >= 15 is 0 Å². The van der Waals surface area contributed by atoms with Crippen molar-refractivity contribution in [3.05, 3.63) is 41.1 Å². The van der Waals surface area contributed by atoms with Gasteiger partial charge in [-0.15, -0.1) is 0 Å². The smallest absolute Gasteiger partial charge is 0.319 e. The third-order valence-corrected chi connectivity index (χ3v) is 6.90. The van der Waals surface area contributed by atoms with Crippen LogP contribution in [0.1, 0.15) is 38.7 Å². The molecule has 5 N–H and O–H groups in total. The summed E-state index contributed by atoms with van der Waals surface area (Å²) < 4.78 is 5.51. The zero-order chi connectivity index (χ0) is 25.0. The fourth-order valence-corrected chi connectivity index (χ4v) is 4.57. The van der Waals surface area contributed by atoms with E-state index in [1.54, 1.807) is 17.0 Å². The first-order chi connectivity index (χ1) is 16.8. The lowest BCUT2D eigenvalue weighted by Crippen LogP contribution is -2.48. The first kappa shape index (κ1) is 25.2. The van der Waals surface area contributed by atoms with Gasteiger partial charge in [-0.25, -0.2) is 9.79 Å². The summed E-state index contributed by atoms with van der Waals surface area (Å²) in [4.78, 5) is 33.5. The molecule has 0 aromatic heterocycles. The minimum absolute atomic E-state index is 0.148. The summed E-state index contributed by atoms with van der Waals surface area (Å²) in [5, 5.41) is 15.8. The van der Waals surface area contributed by atoms with Gasteiger partial charge in [-0.3, -0.25) is 9.69 Å². The number of carbonyl (C=O) groups excluding carboxylic acids is 2. The minimum atomic E-state index is -1.21. The molecule has 3 amide bonds. The van der Waals surface area contributed by atoms with E-state index < -0.39 is 5.60 Å². The molecule has 1 aromatic carbocycles. The van der Waals surface area contributed by atoms with Gasteiger partial charge in [0.25, 0.3) is 5.91 Å². The van der Waals surface area contributed by atoms with Gasteiger partial charge < -0.3 is 31.1 Å². The van der Waals surface area contributed by atoms with Crippen LogP contribution in [0.25, 0.3) is 0 Å². The Morgan fingerprint density at radius 2 is 1.89 bits per heavy atom. The number of morpholine rings is 1. The van der Waals surface area contributed by atoms with Crippen LogP contribution in [0.5, 0.6) is 0 Å². The summed E-state index contributed by atoms with van der Waals surface area (Å²) in [5.74, 6) is 0.123. The number of ether oxygens (including phenoxy) is 1. The number of amides is 3. The van der Waals surface area contributed by atoms with Crippen molar-refractivity contribution in [1.29, 1.82) is 0 Å². The van der Waals surface area contributed by atoms with Crippen LogP contribution in [0.2, 0.25) is 0 Å². The molecule has 35 heavy (non-hydrogen) atoms.